The fraction of sp³-hybridized carbons (Fsp3) is 0.571. The molecule has 8 nitrogen and oxygen atoms in total. The lowest BCUT2D eigenvalue weighted by Gasteiger charge is -2.22. The zero-order valence-electron chi connectivity index (χ0n) is 13.7. The fourth-order valence-electron chi connectivity index (χ4n) is 1.80. The lowest BCUT2D eigenvalue weighted by Crippen LogP contribution is -2.39. The van der Waals surface area contributed by atoms with Crippen molar-refractivity contribution >= 4 is 21.6 Å². The molecule has 0 saturated heterocycles. The topological polar surface area (TPSA) is 95.0 Å². The minimum absolute atomic E-state index is 0.0138. The Bertz CT molecular complexity index is 632. The molecule has 0 aliphatic rings. The number of carbonyl (C=O) groups excluding carboxylic acids is 1. The number of hydrogen-bond acceptors (Lipinski definition) is 7. The Hall–Kier alpha value is -1.87. The van der Waals surface area contributed by atoms with Gasteiger partial charge in [-0.25, -0.2) is 8.42 Å². The van der Waals surface area contributed by atoms with Gasteiger partial charge >= 0.3 is 0 Å². The Morgan fingerprint density at radius 1 is 1.26 bits per heavy atom. The molecule has 0 aromatic carbocycles. The second-order valence-electron chi connectivity index (χ2n) is 4.71. The van der Waals surface area contributed by atoms with Crippen LogP contribution in [0.4, 0.5) is 5.69 Å². The molecule has 0 unspecified atom stereocenters. The summed E-state index contributed by atoms with van der Waals surface area (Å²) in [5.74, 6) is -0.503. The average molecular weight is 346 g/mol. The molecule has 9 heteroatoms. The van der Waals surface area contributed by atoms with Gasteiger partial charge in [0.05, 0.1) is 20.5 Å². The zero-order valence-corrected chi connectivity index (χ0v) is 14.6. The lowest BCUT2D eigenvalue weighted by atomic mass is 10.3. The predicted molar refractivity (Wildman–Crippen MR) is 85.4 cm³/mol. The molecule has 1 aromatic rings. The molecule has 0 saturated carbocycles. The zero-order chi connectivity index (χ0) is 17.5. The van der Waals surface area contributed by atoms with Gasteiger partial charge in [0.15, 0.2) is 0 Å². The number of amides is 1. The Morgan fingerprint density at radius 3 is 2.48 bits per heavy atom. The van der Waals surface area contributed by atoms with Gasteiger partial charge < -0.3 is 14.2 Å². The van der Waals surface area contributed by atoms with E-state index in [-0.39, 0.29) is 24.1 Å². The molecule has 23 heavy (non-hydrogen) atoms. The quantitative estimate of drug-likeness (QED) is 0.620. The normalized spacial score (nSPS) is 11.1. The predicted octanol–water partition coefficient (Wildman–Crippen LogP) is 1.21. The van der Waals surface area contributed by atoms with Crippen molar-refractivity contribution in [2.24, 2.45) is 0 Å². The number of methoxy groups -OCH3 is 2. The number of hydrogen-bond donors (Lipinski definition) is 0. The summed E-state index contributed by atoms with van der Waals surface area (Å²) in [6, 6.07) is 2.84. The monoisotopic (exact) mass is 346 g/mol. The van der Waals surface area contributed by atoms with Crippen molar-refractivity contribution in [3.63, 3.8) is 0 Å². The maximum atomic E-state index is 12.3. The van der Waals surface area contributed by atoms with Crippen LogP contribution >= 0.6 is 0 Å². The van der Waals surface area contributed by atoms with Crippen LogP contribution in [-0.2, 0) is 19.6 Å². The van der Waals surface area contributed by atoms with Crippen LogP contribution in [0.1, 0.15) is 19.8 Å². The molecule has 1 heterocycles. The summed E-state index contributed by atoms with van der Waals surface area (Å²) in [6.45, 7) is 2.03. The average Bonchev–Trinajstić information content (AvgIpc) is 2.50. The van der Waals surface area contributed by atoms with Gasteiger partial charge in [-0.15, -0.1) is 0 Å². The number of rotatable bonds is 9. The summed E-state index contributed by atoms with van der Waals surface area (Å²) >= 11 is 0. The Labute approximate surface area is 136 Å². The SMILES string of the molecule is CCCCOCC(=O)N(c1ccc(OC)nc1OC)S(C)(=O)=O. The molecule has 0 aliphatic carbocycles. The number of carbonyl (C=O) groups is 1. The number of anilines is 1. The highest BCUT2D eigenvalue weighted by molar-refractivity contribution is 7.92. The van der Waals surface area contributed by atoms with E-state index in [1.807, 2.05) is 6.92 Å². The highest BCUT2D eigenvalue weighted by Gasteiger charge is 2.29. The van der Waals surface area contributed by atoms with E-state index < -0.39 is 15.9 Å². The molecule has 0 fully saturated rings. The second-order valence-corrected chi connectivity index (χ2v) is 6.54. The van der Waals surface area contributed by atoms with Crippen molar-refractivity contribution in [2.75, 3.05) is 38.0 Å². The summed E-state index contributed by atoms with van der Waals surface area (Å²) in [4.78, 5) is 16.3. The molecule has 0 atom stereocenters. The Balaban J connectivity index is 3.10. The van der Waals surface area contributed by atoms with Crippen LogP contribution in [0.2, 0.25) is 0 Å². The molecule has 1 amide bonds. The number of unbranched alkanes of at least 4 members (excludes halogenated alkanes) is 1. The molecule has 0 spiro atoms. The molecular formula is C14H22N2O6S. The van der Waals surface area contributed by atoms with Crippen LogP contribution < -0.4 is 13.8 Å². The minimum atomic E-state index is -3.87. The first-order valence-corrected chi connectivity index (χ1v) is 8.89. The van der Waals surface area contributed by atoms with Gasteiger partial charge in [0.1, 0.15) is 12.3 Å². The highest BCUT2D eigenvalue weighted by atomic mass is 32.2. The molecule has 130 valence electrons. The van der Waals surface area contributed by atoms with Gasteiger partial charge in [-0.1, -0.05) is 13.3 Å². The van der Waals surface area contributed by atoms with E-state index in [2.05, 4.69) is 4.98 Å². The highest BCUT2D eigenvalue weighted by Crippen LogP contribution is 2.30. The molecule has 0 aliphatic heterocycles. The maximum absolute atomic E-state index is 12.3. The number of pyridine rings is 1. The summed E-state index contributed by atoms with van der Waals surface area (Å²) in [6.07, 6.45) is 2.64. The smallest absolute Gasteiger partial charge is 0.266 e. The van der Waals surface area contributed by atoms with Crippen LogP contribution in [-0.4, -0.2) is 53.0 Å². The molecule has 0 N–H and O–H groups in total. The van der Waals surface area contributed by atoms with Crippen LogP contribution in [0.3, 0.4) is 0 Å². The first-order chi connectivity index (χ1) is 10.8. The van der Waals surface area contributed by atoms with Crippen LogP contribution in [0.15, 0.2) is 12.1 Å². The van der Waals surface area contributed by atoms with Crippen molar-refractivity contribution in [3.05, 3.63) is 12.1 Å². The van der Waals surface area contributed by atoms with E-state index in [1.54, 1.807) is 0 Å². The number of ether oxygens (including phenoxy) is 3. The van der Waals surface area contributed by atoms with Crippen molar-refractivity contribution < 1.29 is 27.4 Å². The lowest BCUT2D eigenvalue weighted by molar-refractivity contribution is -0.121. The first-order valence-electron chi connectivity index (χ1n) is 7.05. The molecule has 1 aromatic heterocycles. The number of sulfonamides is 1. The molecular weight excluding hydrogens is 324 g/mol. The molecule has 1 rings (SSSR count). The largest absolute Gasteiger partial charge is 0.481 e. The first kappa shape index (κ1) is 19.2. The Morgan fingerprint density at radius 2 is 1.96 bits per heavy atom. The summed E-state index contributed by atoms with van der Waals surface area (Å²) < 4.78 is 39.9. The molecule has 0 bridgehead atoms. The third kappa shape index (κ3) is 5.36. The van der Waals surface area contributed by atoms with Crippen molar-refractivity contribution in [3.8, 4) is 11.8 Å². The van der Waals surface area contributed by atoms with Gasteiger partial charge in [0, 0.05) is 12.7 Å². The van der Waals surface area contributed by atoms with Crippen LogP contribution in [0.5, 0.6) is 11.8 Å². The number of nitrogens with zero attached hydrogens (tertiary/aromatic N) is 2. The van der Waals surface area contributed by atoms with E-state index in [4.69, 9.17) is 14.2 Å². The van der Waals surface area contributed by atoms with Crippen LogP contribution in [0.25, 0.3) is 0 Å². The maximum Gasteiger partial charge on any atom is 0.266 e. The van der Waals surface area contributed by atoms with Crippen LogP contribution in [0, 0.1) is 0 Å². The summed E-state index contributed by atoms with van der Waals surface area (Å²) in [5, 5.41) is 0. The minimum Gasteiger partial charge on any atom is -0.481 e. The third-order valence-electron chi connectivity index (χ3n) is 2.86. The van der Waals surface area contributed by atoms with Gasteiger partial charge in [-0.2, -0.15) is 9.29 Å². The Kier molecular flexibility index (Phi) is 7.24. The number of aromatic nitrogens is 1. The van der Waals surface area contributed by atoms with Gasteiger partial charge in [-0.05, 0) is 12.5 Å². The standard InChI is InChI=1S/C14H22N2O6S/c1-5-6-9-22-10-13(17)16(23(4,18)19)11-7-8-12(20-2)15-14(11)21-3/h7-8H,5-6,9-10H2,1-4H3. The van der Waals surface area contributed by atoms with Crippen molar-refractivity contribution in [1.82, 2.24) is 4.98 Å². The molecule has 0 radical (unpaired) electrons. The van der Waals surface area contributed by atoms with Crippen molar-refractivity contribution in [2.45, 2.75) is 19.8 Å². The van der Waals surface area contributed by atoms with E-state index in [0.29, 0.717) is 10.9 Å². The third-order valence-corrected chi connectivity index (χ3v) is 3.93. The van der Waals surface area contributed by atoms with E-state index in [9.17, 15) is 13.2 Å². The summed E-state index contributed by atoms with van der Waals surface area (Å²) in [7, 11) is -1.12. The second kappa shape index (κ2) is 8.68. The van der Waals surface area contributed by atoms with Gasteiger partial charge in [0.25, 0.3) is 5.91 Å². The summed E-state index contributed by atoms with van der Waals surface area (Å²) in [5.41, 5.74) is 0.0138. The fourth-order valence-corrected chi connectivity index (χ4v) is 2.72. The van der Waals surface area contributed by atoms with E-state index >= 15 is 0 Å². The van der Waals surface area contributed by atoms with E-state index in [0.717, 1.165) is 19.1 Å². The van der Waals surface area contributed by atoms with Crippen molar-refractivity contribution in [1.29, 1.82) is 0 Å². The van der Waals surface area contributed by atoms with Gasteiger partial charge in [-0.3, -0.25) is 4.79 Å². The van der Waals surface area contributed by atoms with E-state index in [1.165, 1.54) is 26.4 Å². The van der Waals surface area contributed by atoms with Gasteiger partial charge in [0.2, 0.25) is 21.8 Å².